The van der Waals surface area contributed by atoms with E-state index in [4.69, 9.17) is 21.8 Å². The van der Waals surface area contributed by atoms with Crippen molar-refractivity contribution in [3.63, 3.8) is 0 Å². The van der Waals surface area contributed by atoms with Crippen molar-refractivity contribution in [3.05, 3.63) is 44.6 Å². The molecule has 0 saturated heterocycles. The number of azo groups is 1. The van der Waals surface area contributed by atoms with Crippen LogP contribution < -0.4 is 0 Å². The molecule has 0 fully saturated rings. The number of aliphatic hydroxyl groups excluding tert-OH is 2. The number of nitro groups is 1. The summed E-state index contributed by atoms with van der Waals surface area (Å²) in [6, 6.07) is 5.52. The van der Waals surface area contributed by atoms with Gasteiger partial charge >= 0.3 is 5.66 Å². The van der Waals surface area contributed by atoms with E-state index in [-0.39, 0.29) is 23.6 Å². The maximum atomic E-state index is 12.0. The lowest BCUT2D eigenvalue weighted by Gasteiger charge is -2.16. The van der Waals surface area contributed by atoms with Gasteiger partial charge in [0.1, 0.15) is 11.5 Å². The lowest BCUT2D eigenvalue weighted by Crippen LogP contribution is -2.53. The molecule has 1 aromatic carbocycles. The van der Waals surface area contributed by atoms with E-state index >= 15 is 0 Å². The zero-order chi connectivity index (χ0) is 18.4. The van der Waals surface area contributed by atoms with Crippen LogP contribution in [0.25, 0.3) is 0 Å². The second-order valence-electron chi connectivity index (χ2n) is 4.82. The zero-order valence-electron chi connectivity index (χ0n) is 12.4. The molecule has 0 spiro atoms. The van der Waals surface area contributed by atoms with Crippen LogP contribution in [0.4, 0.5) is 0 Å². The third-order valence-electron chi connectivity index (χ3n) is 3.17. The Balaban J connectivity index is 2.73. The molecule has 0 heterocycles. The van der Waals surface area contributed by atoms with Crippen molar-refractivity contribution in [2.75, 3.05) is 25.5 Å². The van der Waals surface area contributed by atoms with Gasteiger partial charge in [-0.3, -0.25) is 10.1 Å². The quantitative estimate of drug-likeness (QED) is 0.157. The second-order valence-corrected chi connectivity index (χ2v) is 7.37. The number of hydrogen-bond acceptors (Lipinski definition) is 8. The van der Waals surface area contributed by atoms with Crippen molar-refractivity contribution in [1.82, 2.24) is 0 Å². The number of nitrogens with zero attached hydrogens (tertiary/aromatic N) is 3. The average Bonchev–Trinajstić information content (AvgIpc) is 2.53. The molecule has 0 aliphatic rings. The number of sulfone groups is 1. The highest BCUT2D eigenvalue weighted by Gasteiger charge is 2.53. The van der Waals surface area contributed by atoms with E-state index in [0.29, 0.717) is 5.02 Å². The minimum atomic E-state index is -3.61. The van der Waals surface area contributed by atoms with E-state index in [1.807, 2.05) is 0 Å². The minimum Gasteiger partial charge on any atom is -0.594 e. The van der Waals surface area contributed by atoms with Crippen LogP contribution in [-0.2, 0) is 9.84 Å². The summed E-state index contributed by atoms with van der Waals surface area (Å²) in [6.07, 6.45) is -0.0750. The predicted molar refractivity (Wildman–Crippen MR) is 82.9 cm³/mol. The smallest absolute Gasteiger partial charge is 0.483 e. The summed E-state index contributed by atoms with van der Waals surface area (Å²) in [6.45, 7) is -2.81. The predicted octanol–water partition coefficient (Wildman–Crippen LogP) is 0.424. The molecule has 0 atom stereocenters. The Labute approximate surface area is 142 Å². The minimum absolute atomic E-state index is 0.0521. The number of hydroxylamine groups is 1. The number of aliphatic hydroxyl groups is 2. The Morgan fingerprint density at radius 3 is 2.17 bits per heavy atom. The van der Waals surface area contributed by atoms with Gasteiger partial charge in [-0.2, -0.15) is 0 Å². The molecular weight excluding hydrogens is 366 g/mol. The molecule has 2 N–H and O–H groups in total. The summed E-state index contributed by atoms with van der Waals surface area (Å²) < 4.78 is 24.1. The Bertz CT molecular complexity index is 702. The van der Waals surface area contributed by atoms with Gasteiger partial charge in [0, 0.05) is 5.02 Å². The van der Waals surface area contributed by atoms with Gasteiger partial charge in [0.2, 0.25) is 0 Å². The molecule has 0 saturated carbocycles. The summed E-state index contributed by atoms with van der Waals surface area (Å²) in [5, 5.41) is 44.0. The van der Waals surface area contributed by atoms with Crippen LogP contribution in [0.2, 0.25) is 5.02 Å². The number of benzene rings is 1. The van der Waals surface area contributed by atoms with Crippen LogP contribution in [0.1, 0.15) is 6.42 Å². The van der Waals surface area contributed by atoms with Gasteiger partial charge < -0.3 is 15.4 Å². The van der Waals surface area contributed by atoms with E-state index in [2.05, 4.69) is 5.11 Å². The lowest BCUT2D eigenvalue weighted by molar-refractivity contribution is -0.819. The number of hydrogen-bond donors (Lipinski definition) is 2. The average molecular weight is 382 g/mol. The molecule has 0 radical (unpaired) electrons. The Hall–Kier alpha value is -1.82. The molecule has 10 nitrogen and oxygen atoms in total. The van der Waals surface area contributed by atoms with Gasteiger partial charge in [0.05, 0.1) is 10.6 Å². The molecule has 1 aromatic rings. The van der Waals surface area contributed by atoms with Crippen molar-refractivity contribution in [1.29, 1.82) is 0 Å². The molecule has 24 heavy (non-hydrogen) atoms. The third-order valence-corrected chi connectivity index (χ3v) is 5.24. The summed E-state index contributed by atoms with van der Waals surface area (Å²) in [5.74, 6) is -0.338. The number of halogens is 1. The maximum absolute atomic E-state index is 12.0. The van der Waals surface area contributed by atoms with Gasteiger partial charge in [-0.15, -0.1) is 0 Å². The highest BCUT2D eigenvalue weighted by molar-refractivity contribution is 7.91. The van der Waals surface area contributed by atoms with Gasteiger partial charge in [0.25, 0.3) is 0 Å². The summed E-state index contributed by atoms with van der Waals surface area (Å²) in [4.78, 5) is 9.31. The van der Waals surface area contributed by atoms with E-state index in [9.17, 15) is 23.7 Å². The van der Waals surface area contributed by atoms with Crippen LogP contribution in [0.15, 0.2) is 34.3 Å². The van der Waals surface area contributed by atoms with E-state index in [1.54, 1.807) is 0 Å². The largest absolute Gasteiger partial charge is 0.594 e. The highest BCUT2D eigenvalue weighted by atomic mass is 35.5. The monoisotopic (exact) mass is 381 g/mol. The molecule has 0 aliphatic carbocycles. The molecule has 1 rings (SSSR count). The van der Waals surface area contributed by atoms with Gasteiger partial charge in [0.15, 0.2) is 23.1 Å². The van der Waals surface area contributed by atoms with Gasteiger partial charge in [-0.05, 0) is 40.7 Å². The van der Waals surface area contributed by atoms with E-state index < -0.39 is 38.5 Å². The fraction of sp³-hybridized carbons (Fsp3) is 0.500. The van der Waals surface area contributed by atoms with Gasteiger partial charge in [-0.25, -0.2) is 8.42 Å². The summed E-state index contributed by atoms with van der Waals surface area (Å²) in [5.41, 5.74) is -2.69. The third kappa shape index (κ3) is 4.60. The standard InChI is InChI=1S/C12H16ClN3O7S/c13-10-2-4-11(5-3-10)24(22,23)7-1-6-14-15(19)12(8-17,9-18)16(20)21/h2-5,17-18H,1,6-9H2. The lowest BCUT2D eigenvalue weighted by atomic mass is 10.2. The molecule has 0 aromatic heterocycles. The Kier molecular flexibility index (Phi) is 7.02. The summed E-state index contributed by atoms with van der Waals surface area (Å²) in [7, 11) is -3.61. The van der Waals surface area contributed by atoms with Crippen molar-refractivity contribution in [2.24, 2.45) is 5.11 Å². The first-order chi connectivity index (χ1) is 11.2. The van der Waals surface area contributed by atoms with Crippen LogP contribution >= 0.6 is 11.6 Å². The number of rotatable bonds is 9. The zero-order valence-corrected chi connectivity index (χ0v) is 14.0. The topological polar surface area (TPSA) is 156 Å². The first-order valence-corrected chi connectivity index (χ1v) is 8.72. The van der Waals surface area contributed by atoms with Crippen molar-refractivity contribution in [3.8, 4) is 0 Å². The molecule has 0 bridgehead atoms. The Morgan fingerprint density at radius 1 is 1.17 bits per heavy atom. The molecule has 0 aliphatic heterocycles. The molecule has 0 unspecified atom stereocenters. The SMILES string of the molecule is O=[N+]([O-])C(CO)(CO)[N+]([O-])=NCCCS(=O)(=O)c1ccc(Cl)cc1. The van der Waals surface area contributed by atoms with Crippen LogP contribution in [0.5, 0.6) is 0 Å². The van der Waals surface area contributed by atoms with Crippen LogP contribution in [-0.4, -0.2) is 59.6 Å². The van der Waals surface area contributed by atoms with Crippen molar-refractivity contribution >= 4 is 21.4 Å². The van der Waals surface area contributed by atoms with Crippen LogP contribution in [0, 0.1) is 15.3 Å². The normalized spacial score (nSPS) is 13.0. The molecule has 134 valence electrons. The maximum Gasteiger partial charge on any atom is 0.483 e. The van der Waals surface area contributed by atoms with E-state index in [1.165, 1.54) is 24.3 Å². The molecule has 0 amide bonds. The second kappa shape index (κ2) is 8.33. The van der Waals surface area contributed by atoms with Crippen molar-refractivity contribution in [2.45, 2.75) is 17.0 Å². The fourth-order valence-corrected chi connectivity index (χ4v) is 3.09. The summed E-state index contributed by atoms with van der Waals surface area (Å²) >= 11 is 5.67. The van der Waals surface area contributed by atoms with E-state index in [0.717, 1.165) is 0 Å². The Morgan fingerprint density at radius 2 is 1.71 bits per heavy atom. The van der Waals surface area contributed by atoms with Gasteiger partial charge in [-0.1, -0.05) is 11.6 Å². The fourth-order valence-electron chi connectivity index (χ4n) is 1.66. The first kappa shape index (κ1) is 20.2. The first-order valence-electron chi connectivity index (χ1n) is 6.69. The molecule has 12 heteroatoms. The van der Waals surface area contributed by atoms with Crippen LogP contribution in [0.3, 0.4) is 0 Å². The molecular formula is C12H16ClN3O7S. The van der Waals surface area contributed by atoms with Crippen molar-refractivity contribution < 1.29 is 28.4 Å². The highest BCUT2D eigenvalue weighted by Crippen LogP contribution is 2.16.